The maximum atomic E-state index is 12.0. The van der Waals surface area contributed by atoms with Gasteiger partial charge in [0.1, 0.15) is 6.61 Å². The third-order valence-electron chi connectivity index (χ3n) is 2.71. The van der Waals surface area contributed by atoms with E-state index in [9.17, 15) is 9.59 Å². The van der Waals surface area contributed by atoms with E-state index in [1.807, 2.05) is 0 Å². The molecular weight excluding hydrogens is 252 g/mol. The number of hydrogen-bond acceptors (Lipinski definition) is 5. The maximum absolute atomic E-state index is 12.0. The summed E-state index contributed by atoms with van der Waals surface area (Å²) in [6, 6.07) is 3.65. The highest BCUT2D eigenvalue weighted by atomic mass is 16.5. The Morgan fingerprint density at radius 1 is 1.47 bits per heavy atom. The number of aliphatic carboxylic acids is 1. The van der Waals surface area contributed by atoms with E-state index in [2.05, 4.69) is 10.6 Å². The van der Waals surface area contributed by atoms with E-state index < -0.39 is 24.5 Å². The molecule has 0 aromatic heterocycles. The van der Waals surface area contributed by atoms with Gasteiger partial charge >= 0.3 is 5.97 Å². The number of ether oxygens (including phenoxy) is 1. The molecule has 0 bridgehead atoms. The Labute approximate surface area is 109 Å². The largest absolute Gasteiger partial charge is 0.489 e. The fraction of sp³-hybridized carbons (Fsp3) is 0.333. The van der Waals surface area contributed by atoms with Gasteiger partial charge in [-0.2, -0.15) is 0 Å². The van der Waals surface area contributed by atoms with Gasteiger partial charge in [-0.05, 0) is 12.1 Å². The minimum absolute atomic E-state index is 0.240. The fourth-order valence-corrected chi connectivity index (χ4v) is 1.77. The number of aliphatic hydroxyl groups is 1. The molecule has 1 heterocycles. The Hall–Kier alpha value is -2.28. The van der Waals surface area contributed by atoms with Crippen LogP contribution in [0.15, 0.2) is 18.2 Å². The second kappa shape index (κ2) is 5.57. The van der Waals surface area contributed by atoms with Crippen LogP contribution in [0.4, 0.5) is 5.69 Å². The van der Waals surface area contributed by atoms with Crippen molar-refractivity contribution in [3.8, 4) is 5.75 Å². The van der Waals surface area contributed by atoms with Crippen molar-refractivity contribution < 1.29 is 24.5 Å². The number of carbonyl (C=O) groups is 2. The molecule has 7 heteroatoms. The Kier molecular flexibility index (Phi) is 3.86. The highest BCUT2D eigenvalue weighted by Crippen LogP contribution is 2.31. The van der Waals surface area contributed by atoms with Crippen LogP contribution in [0, 0.1) is 0 Å². The number of anilines is 1. The molecule has 0 aliphatic carbocycles. The summed E-state index contributed by atoms with van der Waals surface area (Å²) in [4.78, 5) is 22.8. The second-order valence-electron chi connectivity index (χ2n) is 4.00. The van der Waals surface area contributed by atoms with Crippen molar-refractivity contribution in [2.75, 3.05) is 25.1 Å². The number of rotatable bonds is 4. The van der Waals surface area contributed by atoms with Crippen LogP contribution in [-0.2, 0) is 4.79 Å². The molecule has 0 saturated carbocycles. The topological polar surface area (TPSA) is 108 Å². The van der Waals surface area contributed by atoms with Gasteiger partial charge in [0.2, 0.25) is 0 Å². The zero-order chi connectivity index (χ0) is 13.8. The lowest BCUT2D eigenvalue weighted by Crippen LogP contribution is -2.43. The summed E-state index contributed by atoms with van der Waals surface area (Å²) in [7, 11) is 0. The summed E-state index contributed by atoms with van der Waals surface area (Å²) in [5.41, 5.74) is 0.930. The summed E-state index contributed by atoms with van der Waals surface area (Å²) in [6.07, 6.45) is 0. The lowest BCUT2D eigenvalue weighted by molar-refractivity contribution is -0.140. The van der Waals surface area contributed by atoms with Crippen molar-refractivity contribution in [1.82, 2.24) is 5.32 Å². The number of carboxylic acid groups (broad SMARTS) is 1. The minimum Gasteiger partial charge on any atom is -0.489 e. The van der Waals surface area contributed by atoms with Gasteiger partial charge in [-0.3, -0.25) is 4.79 Å². The fourth-order valence-electron chi connectivity index (χ4n) is 1.77. The zero-order valence-corrected chi connectivity index (χ0v) is 10.0. The van der Waals surface area contributed by atoms with Crippen LogP contribution in [0.1, 0.15) is 10.4 Å². The normalized spacial score (nSPS) is 14.6. The standard InChI is InChI=1S/C12H14N2O5/c15-6-9(12(17)18)14-11(16)7-2-1-3-8-10(7)19-5-4-13-8/h1-3,9,13,15H,4-6H2,(H,14,16)(H,17,18). The molecule has 4 N–H and O–H groups in total. The number of carboxylic acids is 1. The van der Waals surface area contributed by atoms with E-state index >= 15 is 0 Å². The predicted molar refractivity (Wildman–Crippen MR) is 66.4 cm³/mol. The SMILES string of the molecule is O=C(NC(CO)C(=O)O)c1cccc2c1OCCN2. The van der Waals surface area contributed by atoms with Gasteiger partial charge in [-0.25, -0.2) is 4.79 Å². The van der Waals surface area contributed by atoms with Crippen molar-refractivity contribution in [2.45, 2.75) is 6.04 Å². The minimum atomic E-state index is -1.33. The van der Waals surface area contributed by atoms with E-state index in [0.717, 1.165) is 0 Å². The van der Waals surface area contributed by atoms with Crippen LogP contribution in [0.3, 0.4) is 0 Å². The summed E-state index contributed by atoms with van der Waals surface area (Å²) in [5, 5.41) is 23.0. The van der Waals surface area contributed by atoms with Crippen molar-refractivity contribution in [3.05, 3.63) is 23.8 Å². The summed E-state index contributed by atoms with van der Waals surface area (Å²) in [5.74, 6) is -1.49. The van der Waals surface area contributed by atoms with Gasteiger partial charge in [0, 0.05) is 6.54 Å². The molecule has 2 rings (SSSR count). The third-order valence-corrected chi connectivity index (χ3v) is 2.71. The number of aliphatic hydroxyl groups excluding tert-OH is 1. The number of hydrogen-bond donors (Lipinski definition) is 4. The molecule has 1 aliphatic rings. The predicted octanol–water partition coefficient (Wildman–Crippen LogP) is -0.334. The molecule has 7 nitrogen and oxygen atoms in total. The second-order valence-corrected chi connectivity index (χ2v) is 4.00. The molecule has 1 atom stereocenters. The molecule has 1 amide bonds. The molecule has 1 aliphatic heterocycles. The lowest BCUT2D eigenvalue weighted by atomic mass is 10.1. The molecule has 0 spiro atoms. The molecule has 102 valence electrons. The van der Waals surface area contributed by atoms with Crippen molar-refractivity contribution in [2.24, 2.45) is 0 Å². The highest BCUT2D eigenvalue weighted by molar-refractivity contribution is 6.00. The van der Waals surface area contributed by atoms with Gasteiger partial charge in [0.05, 0.1) is 17.9 Å². The summed E-state index contributed by atoms with van der Waals surface area (Å²) >= 11 is 0. The number of para-hydroxylation sites is 1. The summed E-state index contributed by atoms with van der Waals surface area (Å²) < 4.78 is 5.42. The first-order chi connectivity index (χ1) is 9.13. The highest BCUT2D eigenvalue weighted by Gasteiger charge is 2.23. The van der Waals surface area contributed by atoms with Gasteiger partial charge in [-0.15, -0.1) is 0 Å². The number of fused-ring (bicyclic) bond motifs is 1. The molecule has 0 fully saturated rings. The van der Waals surface area contributed by atoms with E-state index in [1.54, 1.807) is 12.1 Å². The van der Waals surface area contributed by atoms with Crippen LogP contribution in [-0.4, -0.2) is 47.9 Å². The van der Waals surface area contributed by atoms with E-state index in [4.69, 9.17) is 14.9 Å². The molecule has 1 aromatic carbocycles. The van der Waals surface area contributed by atoms with E-state index in [1.165, 1.54) is 6.07 Å². The van der Waals surface area contributed by atoms with Gasteiger partial charge in [0.25, 0.3) is 5.91 Å². The smallest absolute Gasteiger partial charge is 0.328 e. The average Bonchev–Trinajstić information content (AvgIpc) is 2.43. The van der Waals surface area contributed by atoms with Crippen molar-refractivity contribution in [1.29, 1.82) is 0 Å². The molecule has 0 radical (unpaired) electrons. The van der Waals surface area contributed by atoms with Gasteiger partial charge < -0.3 is 25.6 Å². The van der Waals surface area contributed by atoms with Crippen LogP contribution >= 0.6 is 0 Å². The van der Waals surface area contributed by atoms with Crippen molar-refractivity contribution in [3.63, 3.8) is 0 Å². The third kappa shape index (κ3) is 2.76. The molecule has 0 saturated heterocycles. The van der Waals surface area contributed by atoms with E-state index in [-0.39, 0.29) is 5.56 Å². The number of benzene rings is 1. The van der Waals surface area contributed by atoms with Crippen LogP contribution in [0.2, 0.25) is 0 Å². The van der Waals surface area contributed by atoms with Gasteiger partial charge in [-0.1, -0.05) is 6.07 Å². The first-order valence-electron chi connectivity index (χ1n) is 5.77. The number of nitrogens with one attached hydrogen (secondary N) is 2. The monoisotopic (exact) mass is 266 g/mol. The maximum Gasteiger partial charge on any atom is 0.328 e. The van der Waals surface area contributed by atoms with Crippen LogP contribution < -0.4 is 15.4 Å². The Bertz CT molecular complexity index is 503. The first kappa shape index (κ1) is 13.2. The molecule has 19 heavy (non-hydrogen) atoms. The lowest BCUT2D eigenvalue weighted by Gasteiger charge is -2.22. The molecular formula is C12H14N2O5. The molecule has 1 aromatic rings. The first-order valence-corrected chi connectivity index (χ1v) is 5.77. The average molecular weight is 266 g/mol. The Morgan fingerprint density at radius 3 is 2.95 bits per heavy atom. The van der Waals surface area contributed by atoms with E-state index in [0.29, 0.717) is 24.6 Å². The quantitative estimate of drug-likeness (QED) is 0.594. The van der Waals surface area contributed by atoms with Crippen molar-refractivity contribution >= 4 is 17.6 Å². The Morgan fingerprint density at radius 2 is 2.26 bits per heavy atom. The van der Waals surface area contributed by atoms with Crippen LogP contribution in [0.5, 0.6) is 5.75 Å². The zero-order valence-electron chi connectivity index (χ0n) is 10.0. The van der Waals surface area contributed by atoms with Crippen LogP contribution in [0.25, 0.3) is 0 Å². The van der Waals surface area contributed by atoms with Gasteiger partial charge in [0.15, 0.2) is 11.8 Å². The number of carbonyl (C=O) groups excluding carboxylic acids is 1. The summed E-state index contributed by atoms with van der Waals surface area (Å²) in [6.45, 7) is 0.404. The number of amides is 1. The Balaban J connectivity index is 2.22. The molecule has 1 unspecified atom stereocenters.